The highest BCUT2D eigenvalue weighted by Gasteiger charge is 2.36. The van der Waals surface area contributed by atoms with Gasteiger partial charge in [0.15, 0.2) is 0 Å². The zero-order valence-electron chi connectivity index (χ0n) is 11.5. The van der Waals surface area contributed by atoms with Crippen molar-refractivity contribution in [1.29, 1.82) is 0 Å². The molecule has 0 saturated carbocycles. The Morgan fingerprint density at radius 2 is 1.62 bits per heavy atom. The maximum atomic E-state index is 11.6. The van der Waals surface area contributed by atoms with Gasteiger partial charge in [-0.1, -0.05) is 28.1 Å². The first-order valence-corrected chi connectivity index (χ1v) is 7.02. The third kappa shape index (κ3) is 2.85. The lowest BCUT2D eigenvalue weighted by Crippen LogP contribution is -2.31. The molecule has 1 aliphatic heterocycles. The molecule has 1 aromatic rings. The van der Waals surface area contributed by atoms with E-state index in [4.69, 9.17) is 0 Å². The first-order valence-electron chi connectivity index (χ1n) is 6.23. The molecule has 5 nitrogen and oxygen atoms in total. The second kappa shape index (κ2) is 5.73. The molecule has 1 aliphatic rings. The summed E-state index contributed by atoms with van der Waals surface area (Å²) in [6.45, 7) is 3.27. The van der Waals surface area contributed by atoms with Crippen LogP contribution in [-0.2, 0) is 9.59 Å². The molecule has 6 heteroatoms. The Morgan fingerprint density at radius 1 is 1.10 bits per heavy atom. The fourth-order valence-electron chi connectivity index (χ4n) is 2.58. The van der Waals surface area contributed by atoms with Crippen LogP contribution in [-0.4, -0.2) is 22.2 Å². The van der Waals surface area contributed by atoms with E-state index in [1.807, 2.05) is 0 Å². The molecular weight excluding hydrogens is 338 g/mol. The van der Waals surface area contributed by atoms with E-state index in [2.05, 4.69) is 21.2 Å². The van der Waals surface area contributed by atoms with E-state index >= 15 is 0 Å². The summed E-state index contributed by atoms with van der Waals surface area (Å²) in [6.07, 6.45) is 0. The van der Waals surface area contributed by atoms with Crippen LogP contribution in [0.5, 0.6) is 0 Å². The normalized spacial score (nSPS) is 16.0. The maximum absolute atomic E-state index is 11.6. The summed E-state index contributed by atoms with van der Waals surface area (Å²) >= 11 is 3.33. The van der Waals surface area contributed by atoms with Crippen LogP contribution in [0.3, 0.4) is 0 Å². The van der Waals surface area contributed by atoms with Crippen LogP contribution in [0.2, 0.25) is 0 Å². The number of carbonyl (C=O) groups is 2. The molecule has 0 spiro atoms. The van der Waals surface area contributed by atoms with Crippen LogP contribution < -0.4 is 5.32 Å². The summed E-state index contributed by atoms with van der Waals surface area (Å²) in [5.41, 5.74) is 1.64. The van der Waals surface area contributed by atoms with Crippen molar-refractivity contribution in [2.75, 3.05) is 0 Å². The van der Waals surface area contributed by atoms with Crippen molar-refractivity contribution in [3.05, 3.63) is 56.8 Å². The molecule has 2 rings (SSSR count). The monoisotopic (exact) mass is 351 g/mol. The fourth-order valence-corrected chi connectivity index (χ4v) is 3.00. The Morgan fingerprint density at radius 3 is 2.05 bits per heavy atom. The summed E-state index contributed by atoms with van der Waals surface area (Å²) in [6, 6.07) is 7.03. The van der Waals surface area contributed by atoms with Crippen molar-refractivity contribution in [2.24, 2.45) is 0 Å². The lowest BCUT2D eigenvalue weighted by molar-refractivity contribution is -0.133. The van der Waals surface area contributed by atoms with E-state index in [9.17, 15) is 19.8 Å². The SMILES string of the molecule is CC1=C(C(=O)O)C(c2cccc(Br)c2)C(C(=O)O)=C(C)N1. The molecule has 0 aliphatic carbocycles. The number of hydrogen-bond acceptors (Lipinski definition) is 3. The van der Waals surface area contributed by atoms with Gasteiger partial charge in [-0.25, -0.2) is 9.59 Å². The third-order valence-electron chi connectivity index (χ3n) is 3.40. The summed E-state index contributed by atoms with van der Waals surface area (Å²) < 4.78 is 0.767. The number of nitrogens with one attached hydrogen (secondary N) is 1. The lowest BCUT2D eigenvalue weighted by Gasteiger charge is -2.28. The van der Waals surface area contributed by atoms with Crippen LogP contribution in [0, 0.1) is 0 Å². The molecule has 3 N–H and O–H groups in total. The second-order valence-electron chi connectivity index (χ2n) is 4.80. The highest BCUT2D eigenvalue weighted by molar-refractivity contribution is 9.10. The van der Waals surface area contributed by atoms with Gasteiger partial charge in [0, 0.05) is 15.9 Å². The first kappa shape index (κ1) is 15.3. The number of carboxylic acid groups (broad SMARTS) is 2. The van der Waals surface area contributed by atoms with Gasteiger partial charge in [-0.05, 0) is 31.5 Å². The van der Waals surface area contributed by atoms with Crippen molar-refractivity contribution >= 4 is 27.9 Å². The maximum Gasteiger partial charge on any atom is 0.334 e. The van der Waals surface area contributed by atoms with Gasteiger partial charge in [-0.3, -0.25) is 0 Å². The van der Waals surface area contributed by atoms with Gasteiger partial charge in [0.25, 0.3) is 0 Å². The molecule has 21 heavy (non-hydrogen) atoms. The Bertz CT molecular complexity index is 655. The Hall–Kier alpha value is -2.08. The van der Waals surface area contributed by atoms with Crippen LogP contribution in [0.1, 0.15) is 25.3 Å². The number of aliphatic carboxylic acids is 2. The zero-order chi connectivity index (χ0) is 15.7. The number of allylic oxidation sites excluding steroid dienone is 2. The zero-order valence-corrected chi connectivity index (χ0v) is 13.1. The van der Waals surface area contributed by atoms with Gasteiger partial charge < -0.3 is 15.5 Å². The van der Waals surface area contributed by atoms with Crippen molar-refractivity contribution < 1.29 is 19.8 Å². The van der Waals surface area contributed by atoms with Gasteiger partial charge in [-0.2, -0.15) is 0 Å². The standard InChI is InChI=1S/C15H14BrNO4/c1-7-11(14(18)19)13(9-4-3-5-10(16)6-9)12(15(20)21)8(2)17-7/h3-6,13,17H,1-2H3,(H,18,19)(H,20,21). The Kier molecular flexibility index (Phi) is 4.18. The smallest absolute Gasteiger partial charge is 0.334 e. The van der Waals surface area contributed by atoms with Gasteiger partial charge >= 0.3 is 11.9 Å². The molecule has 0 radical (unpaired) electrons. The van der Waals surface area contributed by atoms with Gasteiger partial charge in [0.2, 0.25) is 0 Å². The lowest BCUT2D eigenvalue weighted by atomic mass is 9.80. The first-order chi connectivity index (χ1) is 9.82. The minimum absolute atomic E-state index is 0.0519. The molecule has 0 saturated heterocycles. The molecular formula is C15H14BrNO4. The second-order valence-corrected chi connectivity index (χ2v) is 5.72. The minimum atomic E-state index is -1.13. The average molecular weight is 352 g/mol. The van der Waals surface area contributed by atoms with Crippen molar-refractivity contribution in [2.45, 2.75) is 19.8 Å². The molecule has 1 aromatic carbocycles. The fraction of sp³-hybridized carbons (Fsp3) is 0.200. The highest BCUT2D eigenvalue weighted by Crippen LogP contribution is 2.38. The number of benzene rings is 1. The van der Waals surface area contributed by atoms with Gasteiger partial charge in [0.05, 0.1) is 17.1 Å². The van der Waals surface area contributed by atoms with Crippen LogP contribution in [0.4, 0.5) is 0 Å². The predicted octanol–water partition coefficient (Wildman–Crippen LogP) is 2.85. The average Bonchev–Trinajstić information content (AvgIpc) is 2.36. The van der Waals surface area contributed by atoms with E-state index in [0.29, 0.717) is 17.0 Å². The van der Waals surface area contributed by atoms with Crippen molar-refractivity contribution in [3.8, 4) is 0 Å². The van der Waals surface area contributed by atoms with Gasteiger partial charge in [-0.15, -0.1) is 0 Å². The predicted molar refractivity (Wildman–Crippen MR) is 80.7 cm³/mol. The number of hydrogen-bond donors (Lipinski definition) is 3. The van der Waals surface area contributed by atoms with E-state index in [1.54, 1.807) is 38.1 Å². The quantitative estimate of drug-likeness (QED) is 0.779. The van der Waals surface area contributed by atoms with Crippen molar-refractivity contribution in [1.82, 2.24) is 5.32 Å². The summed E-state index contributed by atoms with van der Waals surface area (Å²) in [5.74, 6) is -3.06. The molecule has 0 bridgehead atoms. The van der Waals surface area contributed by atoms with E-state index in [0.717, 1.165) is 4.47 Å². The molecule has 0 amide bonds. The van der Waals surface area contributed by atoms with Gasteiger partial charge in [0.1, 0.15) is 0 Å². The molecule has 0 unspecified atom stereocenters. The molecule has 110 valence electrons. The van der Waals surface area contributed by atoms with E-state index in [-0.39, 0.29) is 11.1 Å². The summed E-state index contributed by atoms with van der Waals surface area (Å²) in [4.78, 5) is 23.2. The number of rotatable bonds is 3. The van der Waals surface area contributed by atoms with Crippen LogP contribution in [0.25, 0.3) is 0 Å². The van der Waals surface area contributed by atoms with Crippen LogP contribution in [0.15, 0.2) is 51.3 Å². The topological polar surface area (TPSA) is 86.6 Å². The largest absolute Gasteiger partial charge is 0.478 e. The van der Waals surface area contributed by atoms with E-state index < -0.39 is 17.9 Å². The van der Waals surface area contributed by atoms with Crippen molar-refractivity contribution in [3.63, 3.8) is 0 Å². The molecule has 1 heterocycles. The number of carboxylic acids is 2. The molecule has 0 atom stereocenters. The third-order valence-corrected chi connectivity index (χ3v) is 3.90. The Balaban J connectivity index is 2.70. The summed E-state index contributed by atoms with van der Waals surface area (Å²) in [7, 11) is 0. The number of dihydropyridines is 1. The molecule has 0 aromatic heterocycles. The van der Waals surface area contributed by atoms with Crippen LogP contribution >= 0.6 is 15.9 Å². The Labute approximate surface area is 130 Å². The minimum Gasteiger partial charge on any atom is -0.478 e. The highest BCUT2D eigenvalue weighted by atomic mass is 79.9. The molecule has 0 fully saturated rings. The number of halogens is 1. The summed E-state index contributed by atoms with van der Waals surface area (Å²) in [5, 5.41) is 21.8. The van der Waals surface area contributed by atoms with E-state index in [1.165, 1.54) is 0 Å².